The molecule has 0 aliphatic carbocycles. The topological polar surface area (TPSA) is 46.6 Å². The van der Waals surface area contributed by atoms with Crippen molar-refractivity contribution in [1.82, 2.24) is 4.90 Å². The van der Waals surface area contributed by atoms with Crippen LogP contribution >= 0.6 is 0 Å². The number of halogens is 1. The Morgan fingerprint density at radius 1 is 1.53 bits per heavy atom. The highest BCUT2D eigenvalue weighted by molar-refractivity contribution is 5.72. The summed E-state index contributed by atoms with van der Waals surface area (Å²) in [6.45, 7) is 5.24. The molecule has 1 unspecified atom stereocenters. The summed E-state index contributed by atoms with van der Waals surface area (Å²) >= 11 is 0. The van der Waals surface area contributed by atoms with Gasteiger partial charge in [0, 0.05) is 13.0 Å². The van der Waals surface area contributed by atoms with Gasteiger partial charge in [0.15, 0.2) is 12.0 Å². The van der Waals surface area contributed by atoms with E-state index in [0.717, 1.165) is 0 Å². The molecule has 5 heteroatoms. The number of hydrogen-bond donors (Lipinski definition) is 0. The molecule has 86 valence electrons. The lowest BCUT2D eigenvalue weighted by Crippen LogP contribution is -2.38. The van der Waals surface area contributed by atoms with Crippen LogP contribution in [0.5, 0.6) is 0 Å². The zero-order valence-electron chi connectivity index (χ0n) is 9.25. The molecule has 0 bridgehead atoms. The molecule has 0 saturated carbocycles. The minimum absolute atomic E-state index is 0.0513. The lowest BCUT2D eigenvalue weighted by molar-refractivity contribution is -0.117. The summed E-state index contributed by atoms with van der Waals surface area (Å²) in [6.07, 6.45) is -0.253. The number of hydrogen-bond acceptors (Lipinski definition) is 3. The molecule has 0 N–H and O–H groups in total. The van der Waals surface area contributed by atoms with Gasteiger partial charge in [-0.1, -0.05) is 0 Å². The number of likely N-dealkylation sites (tertiary alicyclic amines) is 1. The van der Waals surface area contributed by atoms with Crippen LogP contribution in [0.1, 0.15) is 27.2 Å². The molecule has 1 amide bonds. The van der Waals surface area contributed by atoms with Gasteiger partial charge in [0.2, 0.25) is 0 Å². The van der Waals surface area contributed by atoms with Gasteiger partial charge in [0.05, 0.1) is 6.54 Å². The third-order valence-corrected chi connectivity index (χ3v) is 2.11. The monoisotopic (exact) mass is 217 g/mol. The van der Waals surface area contributed by atoms with Crippen LogP contribution in [-0.2, 0) is 9.53 Å². The molecule has 0 aromatic carbocycles. The third kappa shape index (κ3) is 3.18. The van der Waals surface area contributed by atoms with Gasteiger partial charge in [-0.2, -0.15) is 0 Å². The summed E-state index contributed by atoms with van der Waals surface area (Å²) in [5.41, 5.74) is -2.49. The minimum Gasteiger partial charge on any atom is -0.444 e. The molecular weight excluding hydrogens is 201 g/mol. The van der Waals surface area contributed by atoms with Crippen LogP contribution in [0.15, 0.2) is 0 Å². The highest BCUT2D eigenvalue weighted by Crippen LogP contribution is 2.24. The summed E-state index contributed by atoms with van der Waals surface area (Å²) < 4.78 is 18.5. The average Bonchev–Trinajstić information content (AvgIpc) is 2.46. The van der Waals surface area contributed by atoms with Crippen molar-refractivity contribution in [2.45, 2.75) is 38.5 Å². The van der Waals surface area contributed by atoms with Crippen molar-refractivity contribution in [2.75, 3.05) is 13.1 Å². The Balaban J connectivity index is 2.54. The van der Waals surface area contributed by atoms with E-state index in [1.165, 1.54) is 4.90 Å². The molecule has 0 spiro atoms. The lowest BCUT2D eigenvalue weighted by Gasteiger charge is -2.24. The summed E-state index contributed by atoms with van der Waals surface area (Å²) in [5, 5.41) is 0. The smallest absolute Gasteiger partial charge is 0.410 e. The fraction of sp³-hybridized carbons (Fsp3) is 0.800. The fourth-order valence-electron chi connectivity index (χ4n) is 1.37. The van der Waals surface area contributed by atoms with Crippen molar-refractivity contribution in [3.63, 3.8) is 0 Å². The van der Waals surface area contributed by atoms with Crippen LogP contribution in [0.25, 0.3) is 0 Å². The summed E-state index contributed by atoms with van der Waals surface area (Å²) in [7, 11) is 0. The maximum Gasteiger partial charge on any atom is 0.410 e. The van der Waals surface area contributed by atoms with Crippen LogP contribution in [0.4, 0.5) is 9.18 Å². The molecule has 1 aliphatic rings. The Bertz CT molecular complexity index is 274. The molecule has 1 aliphatic heterocycles. The SMILES string of the molecule is CC(C)(C)OC(=O)N1CCC(F)(C=O)C1. The van der Waals surface area contributed by atoms with Crippen molar-refractivity contribution >= 4 is 12.4 Å². The van der Waals surface area contributed by atoms with E-state index in [1.807, 2.05) is 0 Å². The van der Waals surface area contributed by atoms with E-state index >= 15 is 0 Å². The number of aldehydes is 1. The predicted molar refractivity (Wildman–Crippen MR) is 52.3 cm³/mol. The molecule has 0 aromatic heterocycles. The number of nitrogens with zero attached hydrogens (tertiary/aromatic N) is 1. The van der Waals surface area contributed by atoms with Crippen molar-refractivity contribution in [2.24, 2.45) is 0 Å². The summed E-state index contributed by atoms with van der Waals surface area (Å²) in [4.78, 5) is 23.1. The number of ether oxygens (including phenoxy) is 1. The Morgan fingerprint density at radius 3 is 2.53 bits per heavy atom. The van der Waals surface area contributed by atoms with E-state index in [9.17, 15) is 14.0 Å². The van der Waals surface area contributed by atoms with Gasteiger partial charge in [-0.05, 0) is 20.8 Å². The normalized spacial score (nSPS) is 26.5. The Labute approximate surface area is 88.4 Å². The van der Waals surface area contributed by atoms with Gasteiger partial charge in [-0.3, -0.25) is 4.79 Å². The first kappa shape index (κ1) is 11.9. The maximum absolute atomic E-state index is 13.5. The second kappa shape index (κ2) is 3.79. The first-order valence-electron chi connectivity index (χ1n) is 4.89. The fourth-order valence-corrected chi connectivity index (χ4v) is 1.37. The molecule has 0 radical (unpaired) electrons. The first-order chi connectivity index (χ1) is 6.76. The highest BCUT2D eigenvalue weighted by Gasteiger charge is 2.41. The molecule has 0 aromatic rings. The van der Waals surface area contributed by atoms with Gasteiger partial charge >= 0.3 is 6.09 Å². The summed E-state index contributed by atoms with van der Waals surface area (Å²) in [5.74, 6) is 0. The second-order valence-electron chi connectivity index (χ2n) is 4.80. The van der Waals surface area contributed by atoms with Crippen molar-refractivity contribution in [3.8, 4) is 0 Å². The van der Waals surface area contributed by atoms with Crippen LogP contribution in [0.3, 0.4) is 0 Å². The number of carbonyl (C=O) groups excluding carboxylic acids is 2. The molecule has 15 heavy (non-hydrogen) atoms. The van der Waals surface area contributed by atoms with Crippen LogP contribution in [0.2, 0.25) is 0 Å². The van der Waals surface area contributed by atoms with Gasteiger partial charge < -0.3 is 9.64 Å². The van der Waals surface area contributed by atoms with Crippen LogP contribution in [0, 0.1) is 0 Å². The first-order valence-corrected chi connectivity index (χ1v) is 4.89. The zero-order chi connectivity index (χ0) is 11.7. The van der Waals surface area contributed by atoms with E-state index in [-0.39, 0.29) is 25.8 Å². The third-order valence-electron chi connectivity index (χ3n) is 2.11. The molecule has 1 rings (SSSR count). The van der Waals surface area contributed by atoms with Gasteiger partial charge in [-0.25, -0.2) is 9.18 Å². The highest BCUT2D eigenvalue weighted by atomic mass is 19.1. The minimum atomic E-state index is -1.89. The molecule has 4 nitrogen and oxygen atoms in total. The predicted octanol–water partition coefficient (Wildman–Crippen LogP) is 1.53. The lowest BCUT2D eigenvalue weighted by atomic mass is 10.1. The number of carbonyl (C=O) groups is 2. The Kier molecular flexibility index (Phi) is 3.02. The number of alkyl halides is 1. The van der Waals surface area contributed by atoms with E-state index in [4.69, 9.17) is 4.74 Å². The molecule has 1 saturated heterocycles. The number of amides is 1. The van der Waals surface area contributed by atoms with Crippen molar-refractivity contribution in [3.05, 3.63) is 0 Å². The average molecular weight is 217 g/mol. The van der Waals surface area contributed by atoms with E-state index < -0.39 is 17.4 Å². The van der Waals surface area contributed by atoms with E-state index in [0.29, 0.717) is 0 Å². The molecule has 1 fully saturated rings. The molecular formula is C10H16FNO3. The van der Waals surface area contributed by atoms with E-state index in [2.05, 4.69) is 0 Å². The summed E-state index contributed by atoms with van der Waals surface area (Å²) in [6, 6.07) is 0. The largest absolute Gasteiger partial charge is 0.444 e. The van der Waals surface area contributed by atoms with E-state index in [1.54, 1.807) is 20.8 Å². The number of rotatable bonds is 1. The van der Waals surface area contributed by atoms with Gasteiger partial charge in [0.25, 0.3) is 0 Å². The van der Waals surface area contributed by atoms with Crippen molar-refractivity contribution < 1.29 is 18.7 Å². The Hall–Kier alpha value is -1.13. The second-order valence-corrected chi connectivity index (χ2v) is 4.80. The zero-order valence-corrected chi connectivity index (χ0v) is 9.25. The Morgan fingerprint density at radius 2 is 2.13 bits per heavy atom. The van der Waals surface area contributed by atoms with Crippen LogP contribution in [-0.4, -0.2) is 41.6 Å². The standard InChI is InChI=1S/C10H16FNO3/c1-9(2,3)15-8(14)12-5-4-10(11,6-12)7-13/h7H,4-6H2,1-3H3. The van der Waals surface area contributed by atoms with Gasteiger partial charge in [0.1, 0.15) is 5.60 Å². The van der Waals surface area contributed by atoms with Crippen LogP contribution < -0.4 is 0 Å². The molecule has 1 heterocycles. The van der Waals surface area contributed by atoms with Crippen molar-refractivity contribution in [1.29, 1.82) is 0 Å². The van der Waals surface area contributed by atoms with Gasteiger partial charge in [-0.15, -0.1) is 0 Å². The quantitative estimate of drug-likeness (QED) is 0.626. The maximum atomic E-state index is 13.5. The molecule has 1 atom stereocenters.